The smallest absolute Gasteiger partial charge is 0.128 e. The molecule has 0 aliphatic heterocycles. The van der Waals surface area contributed by atoms with Gasteiger partial charge < -0.3 is 4.74 Å². The molecule has 0 N–H and O–H groups in total. The van der Waals surface area contributed by atoms with Gasteiger partial charge >= 0.3 is 0 Å². The molecule has 1 aromatic carbocycles. The quantitative estimate of drug-likeness (QED) is 0.292. The maximum atomic E-state index is 6.01. The Hall–Kier alpha value is -1.62. The van der Waals surface area contributed by atoms with E-state index in [-0.39, 0.29) is 10.8 Å². The summed E-state index contributed by atoms with van der Waals surface area (Å²) >= 11 is 5.87. The highest BCUT2D eigenvalue weighted by atomic mass is 32.1. The Morgan fingerprint density at radius 2 is 1.31 bits per heavy atom. The van der Waals surface area contributed by atoms with E-state index < -0.39 is 0 Å². The highest BCUT2D eigenvalue weighted by Crippen LogP contribution is 2.63. The molecule has 0 amide bonds. The Kier molecular flexibility index (Phi) is 3.35. The molecule has 0 atom stereocenters. The lowest BCUT2D eigenvalue weighted by atomic mass is 9.79. The molecule has 1 nitrogen and oxygen atoms in total. The summed E-state index contributed by atoms with van der Waals surface area (Å²) in [6.45, 7) is 14.0. The number of fused-ring (bicyclic) bond motifs is 9. The molecule has 148 valence electrons. The molecule has 0 saturated heterocycles. The zero-order chi connectivity index (χ0) is 20.5. The number of rotatable bonds is 1. The first kappa shape index (κ1) is 18.2. The Labute approximate surface area is 184 Å². The summed E-state index contributed by atoms with van der Waals surface area (Å²) in [5.74, 6) is 1.03. The van der Waals surface area contributed by atoms with Gasteiger partial charge in [-0.05, 0) is 54.3 Å². The molecule has 0 radical (unpaired) electrons. The third-order valence-electron chi connectivity index (χ3n) is 6.90. The minimum atomic E-state index is -0.000847. The van der Waals surface area contributed by atoms with Crippen LogP contribution in [0.15, 0.2) is 18.2 Å². The number of ether oxygens (including phenoxy) is 1. The Bertz CT molecular complexity index is 1360. The van der Waals surface area contributed by atoms with Crippen LogP contribution in [0.4, 0.5) is 0 Å². The first-order chi connectivity index (χ1) is 13.7. The Morgan fingerprint density at radius 1 is 0.724 bits per heavy atom. The number of hydrogen-bond acceptors (Lipinski definition) is 4. The van der Waals surface area contributed by atoms with Gasteiger partial charge in [0.1, 0.15) is 5.75 Å². The second-order valence-electron chi connectivity index (χ2n) is 9.46. The first-order valence-corrected chi connectivity index (χ1v) is 12.5. The molecule has 0 saturated carbocycles. The van der Waals surface area contributed by atoms with Crippen LogP contribution in [-0.4, -0.2) is 7.11 Å². The van der Waals surface area contributed by atoms with Crippen LogP contribution in [0, 0.1) is 13.8 Å². The van der Waals surface area contributed by atoms with Gasteiger partial charge in [-0.1, -0.05) is 27.7 Å². The van der Waals surface area contributed by atoms with E-state index in [0.717, 1.165) is 5.75 Å². The second kappa shape index (κ2) is 5.35. The van der Waals surface area contributed by atoms with Crippen molar-refractivity contribution in [3.63, 3.8) is 0 Å². The summed E-state index contributed by atoms with van der Waals surface area (Å²) in [7, 11) is 1.82. The molecular formula is C25H24OS3. The van der Waals surface area contributed by atoms with E-state index in [1.54, 1.807) is 0 Å². The standard InChI is InChI=1S/C25H24OS3/c1-11-8-14-21(27-11)17-16(26-7)10-13-18-23(29-20(13)19(17)25(14,5)6)22-15(24(18,3)4)9-12(2)28-22/h8-10H,1-7H3. The third-order valence-corrected chi connectivity index (χ3v) is 10.4. The van der Waals surface area contributed by atoms with Crippen molar-refractivity contribution in [2.45, 2.75) is 52.4 Å². The number of aryl methyl sites for hydroxylation is 2. The van der Waals surface area contributed by atoms with Crippen molar-refractivity contribution in [3.8, 4) is 25.9 Å². The van der Waals surface area contributed by atoms with E-state index >= 15 is 0 Å². The number of hydrogen-bond donors (Lipinski definition) is 0. The van der Waals surface area contributed by atoms with Crippen molar-refractivity contribution in [2.75, 3.05) is 7.11 Å². The van der Waals surface area contributed by atoms with Gasteiger partial charge in [0.15, 0.2) is 0 Å². The maximum absolute atomic E-state index is 6.01. The van der Waals surface area contributed by atoms with E-state index in [4.69, 9.17) is 4.74 Å². The molecule has 29 heavy (non-hydrogen) atoms. The van der Waals surface area contributed by atoms with Crippen LogP contribution in [0.1, 0.15) is 59.7 Å². The molecule has 0 bridgehead atoms. The van der Waals surface area contributed by atoms with E-state index in [1.807, 2.05) is 41.1 Å². The highest BCUT2D eigenvalue weighted by molar-refractivity contribution is 7.27. The predicted octanol–water partition coefficient (Wildman–Crippen LogP) is 8.26. The summed E-state index contributed by atoms with van der Waals surface area (Å²) in [6.07, 6.45) is 0. The van der Waals surface area contributed by atoms with E-state index in [2.05, 4.69) is 59.7 Å². The maximum Gasteiger partial charge on any atom is 0.128 e. The van der Waals surface area contributed by atoms with E-state index in [1.165, 1.54) is 62.3 Å². The molecule has 6 rings (SSSR count). The molecule has 4 aromatic rings. The fourth-order valence-electron chi connectivity index (χ4n) is 5.55. The van der Waals surface area contributed by atoms with Crippen molar-refractivity contribution in [1.29, 1.82) is 0 Å². The molecule has 0 spiro atoms. The molecule has 3 heterocycles. The third kappa shape index (κ3) is 2.01. The lowest BCUT2D eigenvalue weighted by Gasteiger charge is -2.24. The van der Waals surface area contributed by atoms with Crippen LogP contribution in [-0.2, 0) is 10.8 Å². The van der Waals surface area contributed by atoms with E-state index in [9.17, 15) is 0 Å². The molecular weight excluding hydrogens is 412 g/mol. The zero-order valence-corrected chi connectivity index (χ0v) is 20.3. The topological polar surface area (TPSA) is 9.23 Å². The minimum absolute atomic E-state index is 0.000847. The monoisotopic (exact) mass is 436 g/mol. The summed E-state index contributed by atoms with van der Waals surface area (Å²) in [5.41, 5.74) is 7.30. The van der Waals surface area contributed by atoms with Crippen molar-refractivity contribution < 1.29 is 4.74 Å². The first-order valence-electron chi connectivity index (χ1n) is 10.1. The molecule has 3 aromatic heterocycles. The fraction of sp³-hybridized carbons (Fsp3) is 0.360. The minimum Gasteiger partial charge on any atom is -0.496 e. The summed E-state index contributed by atoms with van der Waals surface area (Å²) in [5, 5.41) is 1.40. The van der Waals surface area contributed by atoms with Gasteiger partial charge in [-0.15, -0.1) is 34.0 Å². The van der Waals surface area contributed by atoms with Crippen LogP contribution < -0.4 is 4.74 Å². The highest BCUT2D eigenvalue weighted by Gasteiger charge is 2.45. The average Bonchev–Trinajstić information content (AvgIpc) is 3.38. The normalized spacial score (nSPS) is 17.3. The predicted molar refractivity (Wildman–Crippen MR) is 129 cm³/mol. The summed E-state index contributed by atoms with van der Waals surface area (Å²) < 4.78 is 7.47. The van der Waals surface area contributed by atoms with Crippen molar-refractivity contribution >= 4 is 44.1 Å². The Balaban J connectivity index is 1.78. The van der Waals surface area contributed by atoms with Crippen LogP contribution >= 0.6 is 34.0 Å². The zero-order valence-electron chi connectivity index (χ0n) is 17.9. The molecule has 2 aliphatic carbocycles. The van der Waals surface area contributed by atoms with Crippen molar-refractivity contribution in [2.24, 2.45) is 0 Å². The average molecular weight is 437 g/mol. The van der Waals surface area contributed by atoms with Gasteiger partial charge in [0.05, 0.1) is 7.11 Å². The van der Waals surface area contributed by atoms with Gasteiger partial charge in [0.2, 0.25) is 0 Å². The number of methoxy groups -OCH3 is 1. The lowest BCUT2D eigenvalue weighted by molar-refractivity contribution is 0.416. The van der Waals surface area contributed by atoms with Gasteiger partial charge in [-0.3, -0.25) is 0 Å². The second-order valence-corrected chi connectivity index (χ2v) is 13.0. The van der Waals surface area contributed by atoms with Crippen LogP contribution in [0.25, 0.3) is 30.3 Å². The SMILES string of the molecule is COc1cc2c3c(sc2c2c1-c1sc(C)cc1C2(C)C)-c1sc(C)cc1C3(C)C. The Morgan fingerprint density at radius 3 is 1.97 bits per heavy atom. The van der Waals surface area contributed by atoms with Crippen LogP contribution in [0.3, 0.4) is 0 Å². The van der Waals surface area contributed by atoms with Crippen LogP contribution in [0.5, 0.6) is 5.75 Å². The summed E-state index contributed by atoms with van der Waals surface area (Å²) in [6, 6.07) is 7.11. The van der Waals surface area contributed by atoms with Crippen molar-refractivity contribution in [1.82, 2.24) is 0 Å². The fourth-order valence-corrected chi connectivity index (χ4v) is 9.75. The molecule has 4 heteroatoms. The summed E-state index contributed by atoms with van der Waals surface area (Å²) in [4.78, 5) is 7.16. The van der Waals surface area contributed by atoms with Crippen molar-refractivity contribution in [3.05, 3.63) is 50.2 Å². The van der Waals surface area contributed by atoms with Gasteiger partial charge in [-0.25, -0.2) is 0 Å². The van der Waals surface area contributed by atoms with E-state index in [0.29, 0.717) is 0 Å². The van der Waals surface area contributed by atoms with Gasteiger partial charge in [-0.2, -0.15) is 0 Å². The number of benzene rings is 1. The van der Waals surface area contributed by atoms with Crippen LogP contribution in [0.2, 0.25) is 0 Å². The van der Waals surface area contributed by atoms with Gasteiger partial charge in [0, 0.05) is 50.9 Å². The molecule has 2 aliphatic rings. The number of thiophene rings is 3. The largest absolute Gasteiger partial charge is 0.496 e. The van der Waals surface area contributed by atoms with Gasteiger partial charge in [0.25, 0.3) is 0 Å². The molecule has 0 fully saturated rings. The molecule has 0 unspecified atom stereocenters. The lowest BCUT2D eigenvalue weighted by Crippen LogP contribution is -2.16.